The minimum absolute atomic E-state index is 0.0462. The second-order valence-corrected chi connectivity index (χ2v) is 3.73. The van der Waals surface area contributed by atoms with Crippen molar-refractivity contribution in [2.75, 3.05) is 17.7 Å². The van der Waals surface area contributed by atoms with Crippen LogP contribution in [-0.2, 0) is 0 Å². The third-order valence-electron chi connectivity index (χ3n) is 2.27. The smallest absolute Gasteiger partial charge is 0.250 e. The molecule has 5 heteroatoms. The number of hydrogen-bond acceptors (Lipinski definition) is 4. The van der Waals surface area contributed by atoms with E-state index in [1.54, 1.807) is 18.2 Å². The van der Waals surface area contributed by atoms with Gasteiger partial charge in [-0.25, -0.2) is 0 Å². The van der Waals surface area contributed by atoms with Crippen molar-refractivity contribution < 1.29 is 9.90 Å². The summed E-state index contributed by atoms with van der Waals surface area (Å²) in [5, 5.41) is 11.9. The van der Waals surface area contributed by atoms with Gasteiger partial charge in [0.05, 0.1) is 5.56 Å². The van der Waals surface area contributed by atoms with E-state index in [2.05, 4.69) is 5.32 Å². The molecule has 0 fully saturated rings. The molecule has 1 rings (SSSR count). The number of aliphatic hydroxyl groups is 1. The zero-order valence-electron chi connectivity index (χ0n) is 9.23. The molecule has 0 saturated heterocycles. The number of primary amides is 1. The highest BCUT2D eigenvalue weighted by Gasteiger charge is 2.10. The predicted molar refractivity (Wildman–Crippen MR) is 64.2 cm³/mol. The molecule has 16 heavy (non-hydrogen) atoms. The molecule has 0 bridgehead atoms. The van der Waals surface area contributed by atoms with Gasteiger partial charge in [-0.2, -0.15) is 0 Å². The molecule has 0 spiro atoms. The van der Waals surface area contributed by atoms with E-state index >= 15 is 0 Å². The van der Waals surface area contributed by atoms with Crippen LogP contribution in [0.2, 0.25) is 0 Å². The summed E-state index contributed by atoms with van der Waals surface area (Å²) in [5.74, 6) is -0.501. The second kappa shape index (κ2) is 5.37. The predicted octanol–water partition coefficient (Wildman–Crippen LogP) is 0.551. The molecule has 0 aliphatic rings. The lowest BCUT2D eigenvalue weighted by atomic mass is 10.1. The molecule has 1 amide bonds. The molecule has 5 nitrogen and oxygen atoms in total. The normalized spacial score (nSPS) is 12.1. The quantitative estimate of drug-likeness (QED) is 0.547. The van der Waals surface area contributed by atoms with Crippen molar-refractivity contribution in [2.45, 2.75) is 19.4 Å². The van der Waals surface area contributed by atoms with E-state index in [4.69, 9.17) is 16.6 Å². The molecule has 0 radical (unpaired) electrons. The summed E-state index contributed by atoms with van der Waals surface area (Å²) in [4.78, 5) is 11.2. The van der Waals surface area contributed by atoms with E-state index < -0.39 is 5.91 Å². The second-order valence-electron chi connectivity index (χ2n) is 3.73. The fourth-order valence-electron chi connectivity index (χ4n) is 1.43. The number of nitrogens with two attached hydrogens (primary N) is 2. The topological polar surface area (TPSA) is 101 Å². The third kappa shape index (κ3) is 3.13. The van der Waals surface area contributed by atoms with Crippen molar-refractivity contribution >= 4 is 17.3 Å². The van der Waals surface area contributed by atoms with Gasteiger partial charge in [-0.1, -0.05) is 0 Å². The van der Waals surface area contributed by atoms with E-state index in [1.807, 2.05) is 6.92 Å². The number of nitrogen functional groups attached to an aromatic ring is 1. The SMILES string of the molecule is CC(CCO)Nc1cc(N)ccc1C(N)=O. The van der Waals surface area contributed by atoms with Crippen LogP contribution < -0.4 is 16.8 Å². The van der Waals surface area contributed by atoms with E-state index in [0.29, 0.717) is 23.4 Å². The summed E-state index contributed by atoms with van der Waals surface area (Å²) in [6, 6.07) is 4.92. The van der Waals surface area contributed by atoms with Gasteiger partial charge in [-0.05, 0) is 31.5 Å². The minimum Gasteiger partial charge on any atom is -0.399 e. The molecule has 1 aromatic carbocycles. The van der Waals surface area contributed by atoms with Crippen LogP contribution in [0.3, 0.4) is 0 Å². The highest BCUT2D eigenvalue weighted by Crippen LogP contribution is 2.20. The summed E-state index contributed by atoms with van der Waals surface area (Å²) >= 11 is 0. The maximum Gasteiger partial charge on any atom is 0.250 e. The van der Waals surface area contributed by atoms with Crippen LogP contribution in [0.5, 0.6) is 0 Å². The molecule has 6 N–H and O–H groups in total. The van der Waals surface area contributed by atoms with E-state index in [-0.39, 0.29) is 12.6 Å². The molecule has 0 heterocycles. The molecular formula is C11H17N3O2. The number of hydrogen-bond donors (Lipinski definition) is 4. The Morgan fingerprint density at radius 2 is 2.25 bits per heavy atom. The van der Waals surface area contributed by atoms with Crippen molar-refractivity contribution in [1.29, 1.82) is 0 Å². The zero-order valence-corrected chi connectivity index (χ0v) is 9.23. The maximum absolute atomic E-state index is 11.2. The average molecular weight is 223 g/mol. The number of aliphatic hydroxyl groups excluding tert-OH is 1. The van der Waals surface area contributed by atoms with Crippen LogP contribution in [0.25, 0.3) is 0 Å². The van der Waals surface area contributed by atoms with Gasteiger partial charge < -0.3 is 21.9 Å². The first kappa shape index (κ1) is 12.3. The summed E-state index contributed by atoms with van der Waals surface area (Å²) in [7, 11) is 0. The van der Waals surface area contributed by atoms with Crippen molar-refractivity contribution in [2.24, 2.45) is 5.73 Å². The molecule has 0 aromatic heterocycles. The first-order valence-electron chi connectivity index (χ1n) is 5.11. The Labute approximate surface area is 94.4 Å². The molecule has 1 atom stereocenters. The molecule has 1 unspecified atom stereocenters. The van der Waals surface area contributed by atoms with Crippen LogP contribution in [0.4, 0.5) is 11.4 Å². The van der Waals surface area contributed by atoms with Gasteiger partial charge in [0.1, 0.15) is 0 Å². The number of carbonyl (C=O) groups excluding carboxylic acids is 1. The largest absolute Gasteiger partial charge is 0.399 e. The number of anilines is 2. The van der Waals surface area contributed by atoms with Crippen LogP contribution in [0.15, 0.2) is 18.2 Å². The number of amides is 1. The average Bonchev–Trinajstić information content (AvgIpc) is 2.17. The summed E-state index contributed by atoms with van der Waals surface area (Å²) < 4.78 is 0. The minimum atomic E-state index is -0.501. The Kier molecular flexibility index (Phi) is 4.13. The standard InChI is InChI=1S/C11H17N3O2/c1-7(4-5-15)14-10-6-8(12)2-3-9(10)11(13)16/h2-3,6-7,14-15H,4-5,12H2,1H3,(H2,13,16). The van der Waals surface area contributed by atoms with Crippen molar-refractivity contribution in [3.63, 3.8) is 0 Å². The van der Waals surface area contributed by atoms with Crippen molar-refractivity contribution in [3.8, 4) is 0 Å². The number of carbonyl (C=O) groups is 1. The van der Waals surface area contributed by atoms with Crippen molar-refractivity contribution in [1.82, 2.24) is 0 Å². The lowest BCUT2D eigenvalue weighted by molar-refractivity contribution is 0.100. The van der Waals surface area contributed by atoms with E-state index in [9.17, 15) is 4.79 Å². The Bertz CT molecular complexity index is 379. The summed E-state index contributed by atoms with van der Waals surface area (Å²) in [6.07, 6.45) is 0.590. The van der Waals surface area contributed by atoms with Crippen LogP contribution in [0.1, 0.15) is 23.7 Å². The molecule has 0 saturated carbocycles. The van der Waals surface area contributed by atoms with Crippen LogP contribution >= 0.6 is 0 Å². The molecule has 1 aromatic rings. The van der Waals surface area contributed by atoms with E-state index in [1.165, 1.54) is 0 Å². The number of benzene rings is 1. The first-order chi connectivity index (χ1) is 7.54. The number of nitrogens with one attached hydrogen (secondary N) is 1. The third-order valence-corrected chi connectivity index (χ3v) is 2.27. The molecular weight excluding hydrogens is 206 g/mol. The van der Waals surface area contributed by atoms with Gasteiger partial charge in [0.2, 0.25) is 0 Å². The lowest BCUT2D eigenvalue weighted by Gasteiger charge is -2.16. The Morgan fingerprint density at radius 3 is 2.81 bits per heavy atom. The fraction of sp³-hybridized carbons (Fsp3) is 0.364. The Morgan fingerprint density at radius 1 is 1.56 bits per heavy atom. The van der Waals surface area contributed by atoms with Gasteiger partial charge in [-0.3, -0.25) is 4.79 Å². The van der Waals surface area contributed by atoms with Gasteiger partial charge in [0.25, 0.3) is 5.91 Å². The van der Waals surface area contributed by atoms with Gasteiger partial charge in [0, 0.05) is 24.0 Å². The Balaban J connectivity index is 2.92. The van der Waals surface area contributed by atoms with Gasteiger partial charge in [0.15, 0.2) is 0 Å². The Hall–Kier alpha value is -1.75. The van der Waals surface area contributed by atoms with Crippen LogP contribution in [0, 0.1) is 0 Å². The zero-order chi connectivity index (χ0) is 12.1. The maximum atomic E-state index is 11.2. The lowest BCUT2D eigenvalue weighted by Crippen LogP contribution is -2.21. The van der Waals surface area contributed by atoms with E-state index in [0.717, 1.165) is 0 Å². The van der Waals surface area contributed by atoms with Crippen LogP contribution in [-0.4, -0.2) is 23.7 Å². The number of rotatable bonds is 5. The highest BCUT2D eigenvalue weighted by atomic mass is 16.3. The summed E-state index contributed by atoms with van der Waals surface area (Å²) in [5.41, 5.74) is 12.4. The van der Waals surface area contributed by atoms with Gasteiger partial charge >= 0.3 is 0 Å². The molecule has 0 aliphatic carbocycles. The molecule has 88 valence electrons. The highest BCUT2D eigenvalue weighted by molar-refractivity contribution is 5.99. The summed E-state index contributed by atoms with van der Waals surface area (Å²) in [6.45, 7) is 1.99. The van der Waals surface area contributed by atoms with Crippen molar-refractivity contribution in [3.05, 3.63) is 23.8 Å². The molecule has 0 aliphatic heterocycles. The fourth-order valence-corrected chi connectivity index (χ4v) is 1.43. The van der Waals surface area contributed by atoms with Gasteiger partial charge in [-0.15, -0.1) is 0 Å². The monoisotopic (exact) mass is 223 g/mol. The first-order valence-corrected chi connectivity index (χ1v) is 5.11.